The predicted octanol–water partition coefficient (Wildman–Crippen LogP) is 6.35. The Morgan fingerprint density at radius 3 is 2.48 bits per heavy atom. The van der Waals surface area contributed by atoms with Gasteiger partial charge in [0, 0.05) is 23.2 Å². The summed E-state index contributed by atoms with van der Waals surface area (Å²) >= 11 is 0. The molecule has 0 aromatic heterocycles. The fourth-order valence-corrected chi connectivity index (χ4v) is 3.93. The van der Waals surface area contributed by atoms with Gasteiger partial charge >= 0.3 is 0 Å². The maximum Gasteiger partial charge on any atom is 0.259 e. The van der Waals surface area contributed by atoms with Gasteiger partial charge in [-0.1, -0.05) is 56.3 Å². The largest absolute Gasteiger partial charge is 0.490 e. The Balaban J connectivity index is 1.63. The van der Waals surface area contributed by atoms with E-state index in [1.54, 1.807) is 24.3 Å². The maximum atomic E-state index is 13.9. The van der Waals surface area contributed by atoms with Crippen LogP contribution in [0.5, 0.6) is 11.5 Å². The third kappa shape index (κ3) is 4.92. The lowest BCUT2D eigenvalue weighted by molar-refractivity contribution is -0.113. The number of ether oxygens (including phenoxy) is 2. The minimum atomic E-state index is -0.304. The lowest BCUT2D eigenvalue weighted by atomic mass is 10.0. The lowest BCUT2D eigenvalue weighted by Gasteiger charge is -2.19. The number of rotatable bonds is 8. The standard InChI is InChI=1S/C28H28FNO3/c1-4-32-27-16-20(13-14-26(27)33-18-21-9-5-7-11-24(21)29)15-23-22-10-6-8-12-25(22)30(28(23)31)17-19(2)3/h5-16,19H,4,17-18H2,1-3H3/b23-15-. The van der Waals surface area contributed by atoms with Gasteiger partial charge in [-0.2, -0.15) is 0 Å². The van der Waals surface area contributed by atoms with Crippen molar-refractivity contribution in [3.63, 3.8) is 0 Å². The molecule has 3 aromatic carbocycles. The van der Waals surface area contributed by atoms with E-state index < -0.39 is 0 Å². The molecule has 0 bridgehead atoms. The first-order chi connectivity index (χ1) is 16.0. The van der Waals surface area contributed by atoms with E-state index in [4.69, 9.17) is 9.47 Å². The third-order valence-corrected chi connectivity index (χ3v) is 5.43. The lowest BCUT2D eigenvalue weighted by Crippen LogP contribution is -2.30. The van der Waals surface area contributed by atoms with Crippen LogP contribution >= 0.6 is 0 Å². The van der Waals surface area contributed by atoms with Crippen LogP contribution in [0.3, 0.4) is 0 Å². The van der Waals surface area contributed by atoms with Gasteiger partial charge < -0.3 is 14.4 Å². The van der Waals surface area contributed by atoms with E-state index in [1.807, 2.05) is 54.3 Å². The summed E-state index contributed by atoms with van der Waals surface area (Å²) in [6.45, 7) is 7.33. The molecule has 33 heavy (non-hydrogen) atoms. The van der Waals surface area contributed by atoms with Crippen molar-refractivity contribution in [1.29, 1.82) is 0 Å². The Morgan fingerprint density at radius 2 is 1.73 bits per heavy atom. The van der Waals surface area contributed by atoms with Crippen LogP contribution < -0.4 is 14.4 Å². The van der Waals surface area contributed by atoms with Crippen molar-refractivity contribution in [2.75, 3.05) is 18.1 Å². The first-order valence-corrected chi connectivity index (χ1v) is 11.2. The molecule has 170 valence electrons. The molecule has 0 fully saturated rings. The fourth-order valence-electron chi connectivity index (χ4n) is 3.93. The zero-order valence-corrected chi connectivity index (χ0v) is 19.2. The van der Waals surface area contributed by atoms with Crippen LogP contribution in [0.4, 0.5) is 10.1 Å². The fraction of sp³-hybridized carbons (Fsp3) is 0.250. The number of halogens is 1. The van der Waals surface area contributed by atoms with Gasteiger partial charge in [-0.15, -0.1) is 0 Å². The molecule has 4 nitrogen and oxygen atoms in total. The smallest absolute Gasteiger partial charge is 0.259 e. The summed E-state index contributed by atoms with van der Waals surface area (Å²) in [5.41, 5.74) is 3.85. The van der Waals surface area contributed by atoms with Crippen molar-refractivity contribution < 1.29 is 18.7 Å². The van der Waals surface area contributed by atoms with E-state index >= 15 is 0 Å². The molecule has 1 amide bonds. The monoisotopic (exact) mass is 445 g/mol. The highest BCUT2D eigenvalue weighted by molar-refractivity contribution is 6.35. The Labute approximate surface area is 194 Å². The molecule has 5 heteroatoms. The van der Waals surface area contributed by atoms with Crippen molar-refractivity contribution in [2.45, 2.75) is 27.4 Å². The van der Waals surface area contributed by atoms with E-state index in [2.05, 4.69) is 13.8 Å². The number of hydrogen-bond acceptors (Lipinski definition) is 3. The van der Waals surface area contributed by atoms with Crippen molar-refractivity contribution in [2.24, 2.45) is 5.92 Å². The quantitative estimate of drug-likeness (QED) is 0.380. The molecule has 1 heterocycles. The average molecular weight is 446 g/mol. The second kappa shape index (κ2) is 9.90. The van der Waals surface area contributed by atoms with Crippen LogP contribution in [0.15, 0.2) is 66.7 Å². The Bertz CT molecular complexity index is 1190. The van der Waals surface area contributed by atoms with Crippen molar-refractivity contribution in [3.8, 4) is 11.5 Å². The van der Waals surface area contributed by atoms with E-state index in [0.29, 0.717) is 41.7 Å². The minimum absolute atomic E-state index is 0.00254. The number of carbonyl (C=O) groups excluding carboxylic acids is 1. The Morgan fingerprint density at radius 1 is 0.970 bits per heavy atom. The number of anilines is 1. The average Bonchev–Trinajstić information content (AvgIpc) is 3.05. The van der Waals surface area contributed by atoms with Gasteiger partial charge in [-0.3, -0.25) is 4.79 Å². The van der Waals surface area contributed by atoms with E-state index in [1.165, 1.54) is 6.07 Å². The number of benzene rings is 3. The molecule has 0 N–H and O–H groups in total. The van der Waals surface area contributed by atoms with E-state index in [-0.39, 0.29) is 18.3 Å². The summed E-state index contributed by atoms with van der Waals surface area (Å²) in [6.07, 6.45) is 1.89. The number of nitrogens with zero attached hydrogens (tertiary/aromatic N) is 1. The second-order valence-electron chi connectivity index (χ2n) is 8.40. The number of fused-ring (bicyclic) bond motifs is 1. The molecule has 0 spiro atoms. The highest BCUT2D eigenvalue weighted by atomic mass is 19.1. The van der Waals surface area contributed by atoms with Crippen LogP contribution in [0.2, 0.25) is 0 Å². The topological polar surface area (TPSA) is 38.8 Å². The number of carbonyl (C=O) groups is 1. The number of para-hydroxylation sites is 1. The van der Waals surface area contributed by atoms with Gasteiger partial charge in [-0.25, -0.2) is 4.39 Å². The Hall–Kier alpha value is -3.60. The summed E-state index contributed by atoms with van der Waals surface area (Å²) in [7, 11) is 0. The second-order valence-corrected chi connectivity index (χ2v) is 8.40. The first-order valence-electron chi connectivity index (χ1n) is 11.2. The molecule has 0 unspecified atom stereocenters. The van der Waals surface area contributed by atoms with Gasteiger partial charge in [0.05, 0.1) is 12.3 Å². The summed E-state index contributed by atoms with van der Waals surface area (Å²) in [5, 5.41) is 0. The molecule has 0 saturated heterocycles. The van der Waals surface area contributed by atoms with Gasteiger partial charge in [0.1, 0.15) is 12.4 Å². The Kier molecular flexibility index (Phi) is 6.78. The molecule has 0 saturated carbocycles. The zero-order chi connectivity index (χ0) is 23.4. The van der Waals surface area contributed by atoms with E-state index in [0.717, 1.165) is 16.8 Å². The molecule has 0 atom stereocenters. The van der Waals surface area contributed by atoms with Crippen molar-refractivity contribution in [3.05, 3.63) is 89.2 Å². The van der Waals surface area contributed by atoms with Gasteiger partial charge in [0.2, 0.25) is 0 Å². The van der Waals surface area contributed by atoms with Crippen LogP contribution in [0, 0.1) is 11.7 Å². The van der Waals surface area contributed by atoms with Crippen LogP contribution in [0.1, 0.15) is 37.5 Å². The number of hydrogen-bond donors (Lipinski definition) is 0. The van der Waals surface area contributed by atoms with Crippen molar-refractivity contribution >= 4 is 23.2 Å². The van der Waals surface area contributed by atoms with Crippen molar-refractivity contribution in [1.82, 2.24) is 0 Å². The molecular formula is C28H28FNO3. The van der Waals surface area contributed by atoms with Crippen LogP contribution in [0.25, 0.3) is 11.6 Å². The van der Waals surface area contributed by atoms with Gasteiger partial charge in [-0.05, 0) is 48.7 Å². The highest BCUT2D eigenvalue weighted by Gasteiger charge is 2.32. The highest BCUT2D eigenvalue weighted by Crippen LogP contribution is 2.39. The zero-order valence-electron chi connectivity index (χ0n) is 19.2. The summed E-state index contributed by atoms with van der Waals surface area (Å²) in [5.74, 6) is 1.14. The SMILES string of the molecule is CCOc1cc(/C=C2\C(=O)N(CC(C)C)c3ccccc32)ccc1OCc1ccccc1F. The number of amides is 1. The van der Waals surface area contributed by atoms with E-state index in [9.17, 15) is 9.18 Å². The van der Waals surface area contributed by atoms with Gasteiger partial charge in [0.15, 0.2) is 11.5 Å². The molecule has 1 aliphatic heterocycles. The molecule has 1 aliphatic rings. The van der Waals surface area contributed by atoms with Crippen LogP contribution in [-0.2, 0) is 11.4 Å². The molecule has 0 radical (unpaired) electrons. The molecular weight excluding hydrogens is 417 g/mol. The van der Waals surface area contributed by atoms with Crippen LogP contribution in [-0.4, -0.2) is 19.1 Å². The summed E-state index contributed by atoms with van der Waals surface area (Å²) < 4.78 is 25.6. The maximum absolute atomic E-state index is 13.9. The predicted molar refractivity (Wildman–Crippen MR) is 130 cm³/mol. The summed E-state index contributed by atoms with van der Waals surface area (Å²) in [6, 6.07) is 19.9. The first kappa shape index (κ1) is 22.6. The molecule has 4 rings (SSSR count). The molecule has 0 aliphatic carbocycles. The molecule has 3 aromatic rings. The third-order valence-electron chi connectivity index (χ3n) is 5.43. The van der Waals surface area contributed by atoms with Gasteiger partial charge in [0.25, 0.3) is 5.91 Å². The normalized spacial score (nSPS) is 14.2. The minimum Gasteiger partial charge on any atom is -0.490 e. The summed E-state index contributed by atoms with van der Waals surface area (Å²) in [4.78, 5) is 15.1.